The van der Waals surface area contributed by atoms with Gasteiger partial charge in [-0.15, -0.1) is 0 Å². The monoisotopic (exact) mass is 186 g/mol. The fraction of sp³-hybridized carbons (Fsp3) is 0.400. The van der Waals surface area contributed by atoms with Crippen molar-refractivity contribution in [2.75, 3.05) is 20.3 Å². The van der Waals surface area contributed by atoms with E-state index in [1.165, 1.54) is 18.2 Å². The van der Waals surface area contributed by atoms with Crippen molar-refractivity contribution in [1.29, 1.82) is 0 Å². The Balaban J connectivity index is 2.34. The minimum absolute atomic E-state index is 0.0161. The first kappa shape index (κ1) is 3.50. The zero-order chi connectivity index (χ0) is 15.2. The van der Waals surface area contributed by atoms with Crippen LogP contribution in [-0.4, -0.2) is 20.3 Å². The molecule has 0 saturated carbocycles. The molecule has 0 unspecified atom stereocenters. The molecule has 2 rings (SSSR count). The maximum Gasteiger partial charge on any atom is 0.231 e. The summed E-state index contributed by atoms with van der Waals surface area (Å²) in [5, 5.41) is 1.69. The maximum atomic E-state index is 7.90. The SMILES string of the molecule is [2H]C([2H])([2H])NC([2H])([2H])C([2H])([2H])c1ccc2c(c1)OCO2. The highest BCUT2D eigenvalue weighted by Crippen LogP contribution is 2.32. The third kappa shape index (κ3) is 1.75. The van der Waals surface area contributed by atoms with Gasteiger partial charge in [-0.2, -0.15) is 0 Å². The van der Waals surface area contributed by atoms with Crippen LogP contribution in [-0.2, 0) is 6.37 Å². The number of hydrogen-bond donors (Lipinski definition) is 1. The summed E-state index contributed by atoms with van der Waals surface area (Å²) in [6.45, 7) is -5.57. The van der Waals surface area contributed by atoms with Gasteiger partial charge in [-0.05, 0) is 37.5 Å². The number of rotatable bonds is 3. The van der Waals surface area contributed by atoms with Crippen LogP contribution >= 0.6 is 0 Å². The minimum atomic E-state index is -2.80. The van der Waals surface area contributed by atoms with Crippen LogP contribution in [0.3, 0.4) is 0 Å². The van der Waals surface area contributed by atoms with Crippen molar-refractivity contribution >= 4 is 0 Å². The summed E-state index contributed by atoms with van der Waals surface area (Å²) in [6.07, 6.45) is -2.57. The molecule has 0 aromatic heterocycles. The van der Waals surface area contributed by atoms with Gasteiger partial charge in [0.05, 0.1) is 0 Å². The molecule has 3 heteroatoms. The Labute approximate surface area is 87.5 Å². The van der Waals surface area contributed by atoms with E-state index in [0.717, 1.165) is 0 Å². The van der Waals surface area contributed by atoms with Crippen LogP contribution in [0, 0.1) is 0 Å². The van der Waals surface area contributed by atoms with Gasteiger partial charge in [0, 0.05) is 9.60 Å². The first-order valence-corrected chi connectivity index (χ1v) is 3.72. The van der Waals surface area contributed by atoms with Crippen molar-refractivity contribution in [2.24, 2.45) is 0 Å². The molecular weight excluding hydrogens is 166 g/mol. The zero-order valence-electron chi connectivity index (χ0n) is 13.8. The van der Waals surface area contributed by atoms with Crippen LogP contribution in [0.5, 0.6) is 11.5 Å². The summed E-state index contributed by atoms with van der Waals surface area (Å²) in [5.74, 6) is 0.741. The average molecular weight is 186 g/mol. The van der Waals surface area contributed by atoms with Crippen molar-refractivity contribution < 1.29 is 19.1 Å². The average Bonchev–Trinajstić information content (AvgIpc) is 2.71. The fourth-order valence-corrected chi connectivity index (χ4v) is 1.08. The van der Waals surface area contributed by atoms with Crippen LogP contribution in [0.1, 0.15) is 15.2 Å². The molecule has 1 aromatic carbocycles. The Hall–Kier alpha value is -1.22. The molecule has 0 fully saturated rings. The Bertz CT molecular complexity index is 515. The lowest BCUT2D eigenvalue weighted by atomic mass is 10.1. The normalized spacial score (nSPS) is 24.5. The molecular formula is C10H13NO2. The Morgan fingerprint density at radius 1 is 1.54 bits per heavy atom. The van der Waals surface area contributed by atoms with Gasteiger partial charge in [0.15, 0.2) is 11.5 Å². The molecule has 3 nitrogen and oxygen atoms in total. The van der Waals surface area contributed by atoms with Gasteiger partial charge in [-0.3, -0.25) is 0 Å². The molecule has 70 valence electrons. The topological polar surface area (TPSA) is 30.5 Å². The number of hydrogen-bond acceptors (Lipinski definition) is 3. The number of likely N-dealkylation sites (N-methyl/N-ethyl adjacent to an activating group) is 1. The summed E-state index contributed by atoms with van der Waals surface area (Å²) in [6, 6.07) is 4.11. The smallest absolute Gasteiger partial charge is 0.231 e. The second-order valence-electron chi connectivity index (χ2n) is 2.44. The first-order valence-electron chi connectivity index (χ1n) is 7.22. The summed E-state index contributed by atoms with van der Waals surface area (Å²) < 4.78 is 62.4. The molecule has 1 N–H and O–H groups in total. The molecule has 0 aliphatic carbocycles. The van der Waals surface area contributed by atoms with E-state index in [9.17, 15) is 0 Å². The van der Waals surface area contributed by atoms with Crippen LogP contribution in [0.2, 0.25) is 0 Å². The highest BCUT2D eigenvalue weighted by atomic mass is 16.7. The van der Waals surface area contributed by atoms with E-state index >= 15 is 0 Å². The molecule has 0 spiro atoms. The quantitative estimate of drug-likeness (QED) is 0.769. The van der Waals surface area contributed by atoms with Gasteiger partial charge in [-0.25, -0.2) is 0 Å². The Morgan fingerprint density at radius 2 is 2.46 bits per heavy atom. The lowest BCUT2D eigenvalue weighted by Crippen LogP contribution is -2.10. The van der Waals surface area contributed by atoms with E-state index in [1.54, 1.807) is 5.32 Å². The van der Waals surface area contributed by atoms with Crippen LogP contribution in [0.4, 0.5) is 0 Å². The number of nitrogens with one attached hydrogen (secondary N) is 1. The van der Waals surface area contributed by atoms with Gasteiger partial charge in [-0.1, -0.05) is 6.07 Å². The molecule has 0 amide bonds. The predicted octanol–water partition coefficient (Wildman–Crippen LogP) is 1.18. The molecule has 0 bridgehead atoms. The van der Waals surface area contributed by atoms with Gasteiger partial charge < -0.3 is 14.8 Å². The van der Waals surface area contributed by atoms with E-state index in [4.69, 9.17) is 19.1 Å². The van der Waals surface area contributed by atoms with Crippen LogP contribution in [0.25, 0.3) is 0 Å². The van der Waals surface area contributed by atoms with Crippen molar-refractivity contribution in [3.63, 3.8) is 0 Å². The second kappa shape index (κ2) is 3.66. The van der Waals surface area contributed by atoms with Gasteiger partial charge >= 0.3 is 0 Å². The maximum absolute atomic E-state index is 7.90. The van der Waals surface area contributed by atoms with Crippen molar-refractivity contribution in [3.8, 4) is 11.5 Å². The third-order valence-corrected chi connectivity index (χ3v) is 1.64. The standard InChI is InChI=1S/C10H13NO2/c1-11-5-4-8-2-3-9-10(6-8)13-7-12-9/h2-3,6,11H,4-5,7H2,1H3/i1D3,4D2,5D2. The molecule has 13 heavy (non-hydrogen) atoms. The number of ether oxygens (including phenoxy) is 2. The van der Waals surface area contributed by atoms with E-state index in [2.05, 4.69) is 0 Å². The molecule has 0 saturated heterocycles. The van der Waals surface area contributed by atoms with E-state index in [-0.39, 0.29) is 12.4 Å². The number of fused-ring (bicyclic) bond motifs is 1. The molecule has 0 radical (unpaired) electrons. The van der Waals surface area contributed by atoms with Crippen molar-refractivity contribution in [2.45, 2.75) is 6.37 Å². The van der Waals surface area contributed by atoms with Gasteiger partial charge in [0.2, 0.25) is 6.79 Å². The summed E-state index contributed by atoms with van der Waals surface area (Å²) in [7, 11) is 0. The third-order valence-electron chi connectivity index (χ3n) is 1.64. The number of benzene rings is 1. The zero-order valence-corrected chi connectivity index (χ0v) is 6.76. The minimum Gasteiger partial charge on any atom is -0.454 e. The summed E-state index contributed by atoms with van der Waals surface area (Å²) in [4.78, 5) is 0. The molecule has 1 heterocycles. The van der Waals surface area contributed by atoms with Crippen LogP contribution < -0.4 is 14.8 Å². The van der Waals surface area contributed by atoms with Crippen molar-refractivity contribution in [3.05, 3.63) is 23.8 Å². The predicted molar refractivity (Wildman–Crippen MR) is 50.2 cm³/mol. The largest absolute Gasteiger partial charge is 0.454 e. The summed E-state index contributed by atoms with van der Waals surface area (Å²) >= 11 is 0. The Kier molecular flexibility index (Phi) is 0.986. The van der Waals surface area contributed by atoms with Gasteiger partial charge in [0.1, 0.15) is 0 Å². The molecule has 1 aliphatic rings. The van der Waals surface area contributed by atoms with Crippen LogP contribution in [0.15, 0.2) is 18.2 Å². The van der Waals surface area contributed by atoms with Gasteiger partial charge in [0.25, 0.3) is 0 Å². The van der Waals surface area contributed by atoms with E-state index < -0.39 is 19.8 Å². The number of aryl methyl sites for hydroxylation is 1. The Morgan fingerprint density at radius 3 is 3.38 bits per heavy atom. The first-order chi connectivity index (χ1) is 9.03. The highest BCUT2D eigenvalue weighted by molar-refractivity contribution is 5.44. The summed E-state index contributed by atoms with van der Waals surface area (Å²) in [5.41, 5.74) is -0.0384. The second-order valence-corrected chi connectivity index (χ2v) is 2.44. The highest BCUT2D eigenvalue weighted by Gasteiger charge is 2.12. The molecule has 0 atom stereocenters. The lowest BCUT2D eigenvalue weighted by Gasteiger charge is -2.01. The molecule has 1 aromatic rings. The lowest BCUT2D eigenvalue weighted by molar-refractivity contribution is 0.174. The fourth-order valence-electron chi connectivity index (χ4n) is 1.08. The van der Waals surface area contributed by atoms with E-state index in [1.807, 2.05) is 0 Å². The molecule has 1 aliphatic heterocycles. The van der Waals surface area contributed by atoms with Crippen molar-refractivity contribution in [1.82, 2.24) is 5.32 Å². The van der Waals surface area contributed by atoms with E-state index in [0.29, 0.717) is 11.5 Å².